The van der Waals surface area contributed by atoms with E-state index in [-0.39, 0.29) is 6.10 Å². The zero-order chi connectivity index (χ0) is 6.69. The van der Waals surface area contributed by atoms with Gasteiger partial charge >= 0.3 is 0 Å². The Morgan fingerprint density at radius 1 is 1.56 bits per heavy atom. The summed E-state index contributed by atoms with van der Waals surface area (Å²) < 4.78 is 0. The maximum atomic E-state index is 8.88. The predicted molar refractivity (Wildman–Crippen MR) is 37.3 cm³/mol. The number of nitrogens with one attached hydrogen (secondary N) is 1. The topological polar surface area (TPSA) is 32.3 Å². The monoisotopic (exact) mass is 129 g/mol. The molecule has 2 N–H and O–H groups in total. The molecule has 0 saturated heterocycles. The van der Waals surface area contributed by atoms with Crippen molar-refractivity contribution in [3.05, 3.63) is 0 Å². The minimum atomic E-state index is -0.0145. The molecule has 0 aromatic rings. The van der Waals surface area contributed by atoms with Crippen LogP contribution in [0.4, 0.5) is 0 Å². The van der Waals surface area contributed by atoms with Crippen molar-refractivity contribution in [1.82, 2.24) is 5.32 Å². The standard InChI is InChI=1S/C7H15NO/c1-2-3-8-6-4-7(9)5-6/h6-9H,2-5H2,1H3. The van der Waals surface area contributed by atoms with Crippen LogP contribution in [0.1, 0.15) is 26.2 Å². The van der Waals surface area contributed by atoms with Gasteiger partial charge in [0.2, 0.25) is 0 Å². The molecule has 54 valence electrons. The highest BCUT2D eigenvalue weighted by Gasteiger charge is 2.25. The SMILES string of the molecule is CCCNC1CC(O)C1. The smallest absolute Gasteiger partial charge is 0.0570 e. The number of aliphatic hydroxyl groups is 1. The average molecular weight is 129 g/mol. The number of aliphatic hydroxyl groups excluding tert-OH is 1. The molecular formula is C7H15NO. The lowest BCUT2D eigenvalue weighted by Gasteiger charge is -2.31. The molecule has 0 aliphatic heterocycles. The highest BCUT2D eigenvalue weighted by molar-refractivity contribution is 4.83. The molecule has 0 atom stereocenters. The molecule has 1 aliphatic carbocycles. The zero-order valence-corrected chi connectivity index (χ0v) is 5.93. The molecule has 0 aromatic heterocycles. The minimum Gasteiger partial charge on any atom is -0.393 e. The third-order valence-corrected chi connectivity index (χ3v) is 1.80. The van der Waals surface area contributed by atoms with Crippen molar-refractivity contribution in [2.75, 3.05) is 6.54 Å². The van der Waals surface area contributed by atoms with Gasteiger partial charge in [0.25, 0.3) is 0 Å². The van der Waals surface area contributed by atoms with Gasteiger partial charge in [-0.15, -0.1) is 0 Å². The first kappa shape index (κ1) is 7.03. The molecule has 2 nitrogen and oxygen atoms in total. The van der Waals surface area contributed by atoms with E-state index in [9.17, 15) is 0 Å². The third kappa shape index (κ3) is 1.95. The Morgan fingerprint density at radius 3 is 2.67 bits per heavy atom. The fourth-order valence-corrected chi connectivity index (χ4v) is 1.10. The quantitative estimate of drug-likeness (QED) is 0.582. The van der Waals surface area contributed by atoms with Crippen LogP contribution >= 0.6 is 0 Å². The van der Waals surface area contributed by atoms with Gasteiger partial charge in [-0.2, -0.15) is 0 Å². The lowest BCUT2D eigenvalue weighted by molar-refractivity contribution is 0.0628. The fourth-order valence-electron chi connectivity index (χ4n) is 1.10. The van der Waals surface area contributed by atoms with Gasteiger partial charge in [0.1, 0.15) is 0 Å². The van der Waals surface area contributed by atoms with Gasteiger partial charge in [0, 0.05) is 6.04 Å². The second-order valence-corrected chi connectivity index (χ2v) is 2.78. The van der Waals surface area contributed by atoms with E-state index in [0.717, 1.165) is 19.4 Å². The van der Waals surface area contributed by atoms with Crippen molar-refractivity contribution in [1.29, 1.82) is 0 Å². The van der Waals surface area contributed by atoms with E-state index in [4.69, 9.17) is 5.11 Å². The molecule has 1 saturated carbocycles. The van der Waals surface area contributed by atoms with Gasteiger partial charge in [-0.3, -0.25) is 0 Å². The van der Waals surface area contributed by atoms with Crippen molar-refractivity contribution < 1.29 is 5.11 Å². The van der Waals surface area contributed by atoms with Crippen LogP contribution in [-0.2, 0) is 0 Å². The van der Waals surface area contributed by atoms with E-state index < -0.39 is 0 Å². The first-order valence-corrected chi connectivity index (χ1v) is 3.74. The first-order chi connectivity index (χ1) is 4.33. The van der Waals surface area contributed by atoms with E-state index in [2.05, 4.69) is 12.2 Å². The zero-order valence-electron chi connectivity index (χ0n) is 5.93. The van der Waals surface area contributed by atoms with Gasteiger partial charge in [-0.25, -0.2) is 0 Å². The number of hydrogen-bond donors (Lipinski definition) is 2. The molecule has 1 aliphatic rings. The normalized spacial score (nSPS) is 34.0. The predicted octanol–water partition coefficient (Wildman–Crippen LogP) is 0.509. The van der Waals surface area contributed by atoms with Crippen molar-refractivity contribution in [2.24, 2.45) is 0 Å². The Labute approximate surface area is 56.3 Å². The molecule has 0 bridgehead atoms. The second kappa shape index (κ2) is 3.18. The van der Waals surface area contributed by atoms with E-state index in [1.807, 2.05) is 0 Å². The van der Waals surface area contributed by atoms with Gasteiger partial charge in [-0.1, -0.05) is 6.92 Å². The van der Waals surface area contributed by atoms with Crippen LogP contribution in [0.2, 0.25) is 0 Å². The van der Waals surface area contributed by atoms with Crippen molar-refractivity contribution in [3.8, 4) is 0 Å². The maximum Gasteiger partial charge on any atom is 0.0570 e. The summed E-state index contributed by atoms with van der Waals surface area (Å²) in [6.07, 6.45) is 3.09. The van der Waals surface area contributed by atoms with Crippen LogP contribution in [0, 0.1) is 0 Å². The summed E-state index contributed by atoms with van der Waals surface area (Å²) in [6.45, 7) is 3.25. The van der Waals surface area contributed by atoms with E-state index >= 15 is 0 Å². The summed E-state index contributed by atoms with van der Waals surface area (Å²) in [4.78, 5) is 0. The summed E-state index contributed by atoms with van der Waals surface area (Å²) in [5, 5.41) is 12.2. The van der Waals surface area contributed by atoms with Crippen LogP contribution < -0.4 is 5.32 Å². The molecule has 0 spiro atoms. The van der Waals surface area contributed by atoms with E-state index in [1.54, 1.807) is 0 Å². The van der Waals surface area contributed by atoms with Gasteiger partial charge in [0.15, 0.2) is 0 Å². The van der Waals surface area contributed by atoms with Crippen LogP contribution in [0.3, 0.4) is 0 Å². The van der Waals surface area contributed by atoms with Gasteiger partial charge < -0.3 is 10.4 Å². The number of hydrogen-bond acceptors (Lipinski definition) is 2. The fraction of sp³-hybridized carbons (Fsp3) is 1.00. The highest BCUT2D eigenvalue weighted by atomic mass is 16.3. The molecule has 1 fully saturated rings. The molecule has 0 amide bonds. The van der Waals surface area contributed by atoms with Crippen molar-refractivity contribution in [2.45, 2.75) is 38.3 Å². The lowest BCUT2D eigenvalue weighted by atomic mass is 9.89. The van der Waals surface area contributed by atoms with Gasteiger partial charge in [-0.05, 0) is 25.8 Å². The Morgan fingerprint density at radius 2 is 2.22 bits per heavy atom. The van der Waals surface area contributed by atoms with Crippen LogP contribution in [0.25, 0.3) is 0 Å². The Hall–Kier alpha value is -0.0800. The first-order valence-electron chi connectivity index (χ1n) is 3.74. The molecule has 0 radical (unpaired) electrons. The summed E-state index contributed by atoms with van der Waals surface area (Å²) in [6, 6.07) is 0.611. The average Bonchev–Trinajstić information content (AvgIpc) is 1.78. The number of rotatable bonds is 3. The Bertz CT molecular complexity index is 79.0. The minimum absolute atomic E-state index is 0.0145. The molecule has 9 heavy (non-hydrogen) atoms. The molecule has 2 heteroatoms. The molecule has 0 unspecified atom stereocenters. The third-order valence-electron chi connectivity index (χ3n) is 1.80. The summed E-state index contributed by atoms with van der Waals surface area (Å²) in [5.41, 5.74) is 0. The molecular weight excluding hydrogens is 114 g/mol. The van der Waals surface area contributed by atoms with Crippen molar-refractivity contribution in [3.63, 3.8) is 0 Å². The van der Waals surface area contributed by atoms with E-state index in [1.165, 1.54) is 6.42 Å². The maximum absolute atomic E-state index is 8.88. The largest absolute Gasteiger partial charge is 0.393 e. The summed E-state index contributed by atoms with van der Waals surface area (Å²) in [7, 11) is 0. The van der Waals surface area contributed by atoms with E-state index in [0.29, 0.717) is 6.04 Å². The highest BCUT2D eigenvalue weighted by Crippen LogP contribution is 2.18. The van der Waals surface area contributed by atoms with Crippen LogP contribution in [0.15, 0.2) is 0 Å². The van der Waals surface area contributed by atoms with Crippen LogP contribution in [0.5, 0.6) is 0 Å². The molecule has 0 heterocycles. The lowest BCUT2D eigenvalue weighted by Crippen LogP contribution is -2.44. The molecule has 1 rings (SSSR count). The Kier molecular flexibility index (Phi) is 2.49. The summed E-state index contributed by atoms with van der Waals surface area (Å²) in [5.74, 6) is 0. The van der Waals surface area contributed by atoms with Crippen LogP contribution in [-0.4, -0.2) is 23.8 Å². The summed E-state index contributed by atoms with van der Waals surface area (Å²) >= 11 is 0. The van der Waals surface area contributed by atoms with Crippen molar-refractivity contribution >= 4 is 0 Å². The Balaban J connectivity index is 1.91. The van der Waals surface area contributed by atoms with Gasteiger partial charge in [0.05, 0.1) is 6.10 Å². The second-order valence-electron chi connectivity index (χ2n) is 2.78. The molecule has 0 aromatic carbocycles.